The minimum Gasteiger partial charge on any atom is -0.405 e. The first-order valence-corrected chi connectivity index (χ1v) is 8.15. The molecule has 0 unspecified atom stereocenters. The minimum absolute atomic E-state index is 0.0133. The van der Waals surface area contributed by atoms with Crippen molar-refractivity contribution in [3.63, 3.8) is 0 Å². The molecule has 2 N–H and O–H groups in total. The highest BCUT2D eigenvalue weighted by Gasteiger charge is 2.31. The minimum atomic E-state index is -4.80. The Labute approximate surface area is 145 Å². The molecule has 0 radical (unpaired) electrons. The first-order chi connectivity index (χ1) is 11.8. The van der Waals surface area contributed by atoms with Gasteiger partial charge in [0, 0.05) is 25.1 Å². The molecule has 0 aliphatic heterocycles. The van der Waals surface area contributed by atoms with E-state index in [0.717, 1.165) is 0 Å². The fraction of sp³-hybridized carbons (Fsp3) is 0.250. The smallest absolute Gasteiger partial charge is 0.405 e. The number of benzene rings is 1. The predicted octanol–water partition coefficient (Wildman–Crippen LogP) is 3.08. The number of rotatable bonds is 7. The van der Waals surface area contributed by atoms with E-state index in [1.54, 1.807) is 23.6 Å². The Bertz CT molecular complexity index is 718. The molecule has 0 atom stereocenters. The second kappa shape index (κ2) is 8.52. The largest absolute Gasteiger partial charge is 0.573 e. The van der Waals surface area contributed by atoms with Gasteiger partial charge in [0.15, 0.2) is 0 Å². The van der Waals surface area contributed by atoms with Crippen LogP contribution in [0.5, 0.6) is 5.75 Å². The monoisotopic (exact) mass is 372 g/mol. The third kappa shape index (κ3) is 6.46. The van der Waals surface area contributed by atoms with Crippen LogP contribution in [0.3, 0.4) is 0 Å². The molecule has 0 aliphatic rings. The van der Waals surface area contributed by atoms with E-state index in [9.17, 15) is 22.8 Å². The van der Waals surface area contributed by atoms with Crippen molar-refractivity contribution in [2.45, 2.75) is 19.3 Å². The summed E-state index contributed by atoms with van der Waals surface area (Å²) in [6.45, 7) is 0.0211. The van der Waals surface area contributed by atoms with Gasteiger partial charge in [0.2, 0.25) is 5.91 Å². The van der Waals surface area contributed by atoms with Gasteiger partial charge in [-0.05, 0) is 17.5 Å². The Morgan fingerprint density at radius 2 is 1.84 bits per heavy atom. The molecule has 0 bridgehead atoms. The zero-order valence-corrected chi connectivity index (χ0v) is 13.7. The summed E-state index contributed by atoms with van der Waals surface area (Å²) in [5, 5.41) is 6.86. The van der Waals surface area contributed by atoms with Crippen LogP contribution in [0.1, 0.15) is 21.7 Å². The third-order valence-electron chi connectivity index (χ3n) is 3.06. The Balaban J connectivity index is 1.77. The van der Waals surface area contributed by atoms with Gasteiger partial charge in [0.05, 0.1) is 4.88 Å². The Kier molecular flexibility index (Phi) is 6.40. The molecule has 0 saturated heterocycles. The van der Waals surface area contributed by atoms with Gasteiger partial charge in [-0.1, -0.05) is 24.3 Å². The lowest BCUT2D eigenvalue weighted by Gasteiger charge is -2.13. The van der Waals surface area contributed by atoms with E-state index in [-0.39, 0.29) is 36.7 Å². The molecule has 5 nitrogen and oxygen atoms in total. The molecular weight excluding hydrogens is 357 g/mol. The van der Waals surface area contributed by atoms with Crippen LogP contribution in [0, 0.1) is 0 Å². The quantitative estimate of drug-likeness (QED) is 0.785. The Hall–Kier alpha value is -2.55. The molecule has 0 saturated carbocycles. The number of hydrogen-bond donors (Lipinski definition) is 2. The van der Waals surface area contributed by atoms with Crippen molar-refractivity contribution in [2.24, 2.45) is 0 Å². The van der Waals surface area contributed by atoms with Crippen LogP contribution >= 0.6 is 11.3 Å². The second-order valence-corrected chi connectivity index (χ2v) is 5.86. The van der Waals surface area contributed by atoms with Crippen molar-refractivity contribution < 1.29 is 27.5 Å². The summed E-state index contributed by atoms with van der Waals surface area (Å²) in [5.74, 6) is -1.03. The number of nitrogens with one attached hydrogen (secondary N) is 2. The number of para-hydroxylation sites is 1. The number of amides is 2. The standard InChI is InChI=1S/C16H15F3N2O3S/c17-16(18,19)24-12-5-2-1-4-11(12)10-21-14(22)7-8-20-15(23)13-6-3-9-25-13/h1-6,9H,7-8,10H2,(H,20,23)(H,21,22). The molecule has 9 heteroatoms. The van der Waals surface area contributed by atoms with Gasteiger partial charge in [0.25, 0.3) is 5.91 Å². The Morgan fingerprint density at radius 3 is 2.52 bits per heavy atom. The maximum Gasteiger partial charge on any atom is 0.573 e. The maximum atomic E-state index is 12.3. The van der Waals surface area contributed by atoms with Crippen molar-refractivity contribution in [3.8, 4) is 5.75 Å². The number of halogens is 3. The summed E-state index contributed by atoms with van der Waals surface area (Å²) >= 11 is 1.29. The van der Waals surface area contributed by atoms with Crippen LogP contribution in [0.2, 0.25) is 0 Å². The average molecular weight is 372 g/mol. The summed E-state index contributed by atoms with van der Waals surface area (Å²) in [5.41, 5.74) is 0.204. The normalized spacial score (nSPS) is 11.0. The zero-order chi connectivity index (χ0) is 18.3. The van der Waals surface area contributed by atoms with Crippen LogP contribution in [-0.4, -0.2) is 24.7 Å². The lowest BCUT2D eigenvalue weighted by molar-refractivity contribution is -0.274. The SMILES string of the molecule is O=C(CCNC(=O)c1cccs1)NCc1ccccc1OC(F)(F)F. The highest BCUT2D eigenvalue weighted by atomic mass is 32.1. The summed E-state index contributed by atoms with van der Waals surface area (Å²) in [6.07, 6.45) is -4.79. The summed E-state index contributed by atoms with van der Waals surface area (Å²) in [4.78, 5) is 24.0. The van der Waals surface area contributed by atoms with Gasteiger partial charge < -0.3 is 15.4 Å². The summed E-state index contributed by atoms with van der Waals surface area (Å²) < 4.78 is 40.9. The van der Waals surface area contributed by atoms with Crippen molar-refractivity contribution in [3.05, 3.63) is 52.2 Å². The number of alkyl halides is 3. The number of ether oxygens (including phenoxy) is 1. The van der Waals surface area contributed by atoms with Crippen molar-refractivity contribution in [2.75, 3.05) is 6.54 Å². The van der Waals surface area contributed by atoms with Crippen molar-refractivity contribution in [1.29, 1.82) is 0 Å². The van der Waals surface area contributed by atoms with Crippen molar-refractivity contribution >= 4 is 23.2 Å². The zero-order valence-electron chi connectivity index (χ0n) is 12.9. The third-order valence-corrected chi connectivity index (χ3v) is 3.93. The van der Waals surface area contributed by atoms with Gasteiger partial charge in [0.1, 0.15) is 5.75 Å². The van der Waals surface area contributed by atoms with Gasteiger partial charge in [-0.15, -0.1) is 24.5 Å². The van der Waals surface area contributed by atoms with Crippen LogP contribution in [0.15, 0.2) is 41.8 Å². The van der Waals surface area contributed by atoms with E-state index in [4.69, 9.17) is 0 Å². The van der Waals surface area contributed by atoms with Crippen LogP contribution in [0.25, 0.3) is 0 Å². The Morgan fingerprint density at radius 1 is 1.08 bits per heavy atom. The number of hydrogen-bond acceptors (Lipinski definition) is 4. The molecule has 2 rings (SSSR count). The lowest BCUT2D eigenvalue weighted by atomic mass is 10.2. The molecule has 1 aromatic heterocycles. The first-order valence-electron chi connectivity index (χ1n) is 7.27. The molecule has 2 amide bonds. The van der Waals surface area contributed by atoms with Crippen molar-refractivity contribution in [1.82, 2.24) is 10.6 Å². The molecular formula is C16H15F3N2O3S. The lowest BCUT2D eigenvalue weighted by Crippen LogP contribution is -2.30. The predicted molar refractivity (Wildman–Crippen MR) is 86.2 cm³/mol. The van der Waals surface area contributed by atoms with E-state index in [1.165, 1.54) is 29.5 Å². The maximum absolute atomic E-state index is 12.3. The van der Waals surface area contributed by atoms with Gasteiger partial charge in [-0.3, -0.25) is 9.59 Å². The molecule has 25 heavy (non-hydrogen) atoms. The highest BCUT2D eigenvalue weighted by molar-refractivity contribution is 7.12. The van der Waals surface area contributed by atoms with E-state index in [2.05, 4.69) is 15.4 Å². The van der Waals surface area contributed by atoms with Gasteiger partial charge in [-0.2, -0.15) is 0 Å². The number of carbonyl (C=O) groups excluding carboxylic acids is 2. The van der Waals surface area contributed by atoms with Crippen LogP contribution in [-0.2, 0) is 11.3 Å². The average Bonchev–Trinajstić information content (AvgIpc) is 3.07. The van der Waals surface area contributed by atoms with Crippen LogP contribution < -0.4 is 15.4 Å². The highest BCUT2D eigenvalue weighted by Crippen LogP contribution is 2.26. The summed E-state index contributed by atoms with van der Waals surface area (Å²) in [7, 11) is 0. The molecule has 2 aromatic rings. The molecule has 134 valence electrons. The number of carbonyl (C=O) groups is 2. The fourth-order valence-corrected chi connectivity index (χ4v) is 2.58. The van der Waals surface area contributed by atoms with Gasteiger partial charge >= 0.3 is 6.36 Å². The van der Waals surface area contributed by atoms with E-state index in [1.807, 2.05) is 0 Å². The van der Waals surface area contributed by atoms with E-state index >= 15 is 0 Å². The molecule has 0 aliphatic carbocycles. The fourth-order valence-electron chi connectivity index (χ4n) is 1.94. The van der Waals surface area contributed by atoms with Gasteiger partial charge in [-0.25, -0.2) is 0 Å². The molecule has 1 aromatic carbocycles. The molecule has 0 fully saturated rings. The van der Waals surface area contributed by atoms with Crippen LogP contribution in [0.4, 0.5) is 13.2 Å². The van der Waals surface area contributed by atoms with E-state index in [0.29, 0.717) is 4.88 Å². The van der Waals surface area contributed by atoms with E-state index < -0.39 is 12.3 Å². The summed E-state index contributed by atoms with van der Waals surface area (Å²) in [6, 6.07) is 8.97. The second-order valence-electron chi connectivity index (χ2n) is 4.92. The topological polar surface area (TPSA) is 67.4 Å². The number of thiophene rings is 1. The first kappa shape index (κ1) is 18.8. The molecule has 0 spiro atoms. The molecule has 1 heterocycles.